The number of carbonyl (C=O) groups is 1. The summed E-state index contributed by atoms with van der Waals surface area (Å²) in [6.45, 7) is 6.49. The van der Waals surface area contributed by atoms with Crippen molar-refractivity contribution in [1.29, 1.82) is 0 Å². The van der Waals surface area contributed by atoms with Crippen LogP contribution in [0.25, 0.3) is 0 Å². The molecule has 1 aromatic heterocycles. The van der Waals surface area contributed by atoms with Crippen molar-refractivity contribution in [2.45, 2.75) is 32.7 Å². The molecule has 0 spiro atoms. The fourth-order valence-electron chi connectivity index (χ4n) is 2.15. The Balaban J connectivity index is 1.93. The fourth-order valence-corrected chi connectivity index (χ4v) is 2.15. The topological polar surface area (TPSA) is 76.1 Å². The summed E-state index contributed by atoms with van der Waals surface area (Å²) in [5.74, 6) is 1.27. The summed E-state index contributed by atoms with van der Waals surface area (Å²) in [6.07, 6.45) is 2.22. The lowest BCUT2D eigenvalue weighted by molar-refractivity contribution is 0.0914. The largest absolute Gasteiger partial charge is 0.497 e. The first kappa shape index (κ1) is 17.7. The molecule has 0 saturated carbocycles. The predicted octanol–water partition coefficient (Wildman–Crippen LogP) is 2.67. The molecule has 0 unspecified atom stereocenters. The van der Waals surface area contributed by atoms with Crippen LogP contribution in [0.2, 0.25) is 0 Å². The van der Waals surface area contributed by atoms with Crippen molar-refractivity contribution in [2.24, 2.45) is 0 Å². The molecule has 1 heterocycles. The van der Waals surface area contributed by atoms with E-state index in [1.807, 2.05) is 45.0 Å². The number of rotatable bonds is 6. The second-order valence-electron chi connectivity index (χ2n) is 6.52. The highest BCUT2D eigenvalue weighted by atomic mass is 16.5. The van der Waals surface area contributed by atoms with Crippen molar-refractivity contribution in [1.82, 2.24) is 15.3 Å². The zero-order valence-electron chi connectivity index (χ0n) is 14.6. The Morgan fingerprint density at radius 3 is 2.71 bits per heavy atom. The lowest BCUT2D eigenvalue weighted by Crippen LogP contribution is -2.41. The minimum Gasteiger partial charge on any atom is -0.497 e. The predicted molar refractivity (Wildman–Crippen MR) is 94.4 cm³/mol. The van der Waals surface area contributed by atoms with E-state index in [1.54, 1.807) is 13.2 Å². The van der Waals surface area contributed by atoms with E-state index in [4.69, 9.17) is 4.74 Å². The zero-order valence-corrected chi connectivity index (χ0v) is 14.6. The zero-order chi connectivity index (χ0) is 17.6. The average molecular weight is 328 g/mol. The number of anilines is 1. The Hall–Kier alpha value is -2.63. The molecular formula is C18H24N4O2. The summed E-state index contributed by atoms with van der Waals surface area (Å²) in [6, 6.07) is 9.60. The lowest BCUT2D eigenvalue weighted by Gasteiger charge is -2.20. The van der Waals surface area contributed by atoms with E-state index >= 15 is 0 Å². The molecule has 1 amide bonds. The smallest absolute Gasteiger partial charge is 0.270 e. The van der Waals surface area contributed by atoms with Gasteiger partial charge in [0.1, 0.15) is 23.6 Å². The molecule has 2 N–H and O–H groups in total. The van der Waals surface area contributed by atoms with Gasteiger partial charge < -0.3 is 15.4 Å². The second-order valence-corrected chi connectivity index (χ2v) is 6.52. The maximum atomic E-state index is 12.1. The van der Waals surface area contributed by atoms with Crippen molar-refractivity contribution < 1.29 is 9.53 Å². The first-order chi connectivity index (χ1) is 11.4. The van der Waals surface area contributed by atoms with Crippen molar-refractivity contribution in [2.75, 3.05) is 19.0 Å². The van der Waals surface area contributed by atoms with Gasteiger partial charge in [0.05, 0.1) is 7.11 Å². The van der Waals surface area contributed by atoms with Crippen LogP contribution in [0.15, 0.2) is 36.7 Å². The van der Waals surface area contributed by atoms with Gasteiger partial charge in [-0.15, -0.1) is 0 Å². The van der Waals surface area contributed by atoms with Crippen molar-refractivity contribution >= 4 is 11.7 Å². The van der Waals surface area contributed by atoms with Crippen LogP contribution in [0.3, 0.4) is 0 Å². The highest BCUT2D eigenvalue weighted by Gasteiger charge is 2.16. The van der Waals surface area contributed by atoms with Gasteiger partial charge in [0.25, 0.3) is 5.91 Å². The minimum atomic E-state index is -0.304. The fraction of sp³-hybridized carbons (Fsp3) is 0.389. The number of aromatic nitrogens is 2. The second kappa shape index (κ2) is 7.77. The quantitative estimate of drug-likeness (QED) is 0.852. The average Bonchev–Trinajstić information content (AvgIpc) is 2.54. The molecule has 2 aromatic rings. The molecule has 6 heteroatoms. The summed E-state index contributed by atoms with van der Waals surface area (Å²) in [7, 11) is 1.66. The van der Waals surface area contributed by atoms with Crippen LogP contribution in [-0.2, 0) is 6.42 Å². The summed E-state index contributed by atoms with van der Waals surface area (Å²) in [5, 5.41) is 6.10. The highest BCUT2D eigenvalue weighted by molar-refractivity contribution is 5.93. The van der Waals surface area contributed by atoms with Crippen LogP contribution in [0, 0.1) is 0 Å². The first-order valence-electron chi connectivity index (χ1n) is 7.89. The van der Waals surface area contributed by atoms with E-state index in [0.717, 1.165) is 12.2 Å². The Morgan fingerprint density at radius 2 is 2.00 bits per heavy atom. The van der Waals surface area contributed by atoms with Crippen LogP contribution in [0.5, 0.6) is 5.75 Å². The minimum absolute atomic E-state index is 0.208. The van der Waals surface area contributed by atoms with E-state index in [1.165, 1.54) is 11.9 Å². The van der Waals surface area contributed by atoms with Crippen LogP contribution in [0.4, 0.5) is 5.82 Å². The van der Waals surface area contributed by atoms with Gasteiger partial charge in [0, 0.05) is 18.2 Å². The number of methoxy groups -OCH3 is 1. The number of benzene rings is 1. The van der Waals surface area contributed by atoms with Crippen molar-refractivity contribution in [3.63, 3.8) is 0 Å². The number of hydrogen-bond acceptors (Lipinski definition) is 5. The maximum absolute atomic E-state index is 12.1. The van der Waals surface area contributed by atoms with Crippen molar-refractivity contribution in [3.8, 4) is 5.75 Å². The first-order valence-corrected chi connectivity index (χ1v) is 7.89. The molecule has 0 atom stereocenters. The third-order valence-electron chi connectivity index (χ3n) is 3.24. The lowest BCUT2D eigenvalue weighted by atomic mass is 10.1. The van der Waals surface area contributed by atoms with Gasteiger partial charge in [-0.05, 0) is 44.9 Å². The van der Waals surface area contributed by atoms with E-state index in [0.29, 0.717) is 18.1 Å². The van der Waals surface area contributed by atoms with Crippen LogP contribution in [0.1, 0.15) is 36.8 Å². The van der Waals surface area contributed by atoms with Gasteiger partial charge in [-0.2, -0.15) is 0 Å². The molecule has 2 rings (SSSR count). The van der Waals surface area contributed by atoms with Crippen molar-refractivity contribution in [3.05, 3.63) is 47.9 Å². The molecule has 24 heavy (non-hydrogen) atoms. The van der Waals surface area contributed by atoms with Gasteiger partial charge in [-0.3, -0.25) is 4.79 Å². The third kappa shape index (κ3) is 5.53. The van der Waals surface area contributed by atoms with E-state index < -0.39 is 0 Å². The summed E-state index contributed by atoms with van der Waals surface area (Å²) in [5.41, 5.74) is 1.22. The van der Waals surface area contributed by atoms with Crippen LogP contribution < -0.4 is 15.4 Å². The molecule has 128 valence electrons. The van der Waals surface area contributed by atoms with Gasteiger partial charge in [0.2, 0.25) is 0 Å². The Labute approximate surface area is 142 Å². The number of hydrogen-bond donors (Lipinski definition) is 2. The van der Waals surface area contributed by atoms with E-state index in [9.17, 15) is 4.79 Å². The summed E-state index contributed by atoms with van der Waals surface area (Å²) < 4.78 is 5.22. The number of carbonyl (C=O) groups excluding carboxylic acids is 1. The molecule has 0 saturated heterocycles. The van der Waals surface area contributed by atoms with Gasteiger partial charge in [0.15, 0.2) is 0 Å². The SMILES string of the molecule is COc1cccc(CCNc2cc(C(=O)NC(C)(C)C)ncn2)c1. The standard InChI is InChI=1S/C18H24N4O2/c1-18(2,3)22-17(23)15-11-16(21-12-20-15)19-9-8-13-6-5-7-14(10-13)24-4/h5-7,10-12H,8-9H2,1-4H3,(H,22,23)(H,19,20,21). The molecule has 0 aliphatic heterocycles. The molecule has 1 aromatic carbocycles. The summed E-state index contributed by atoms with van der Waals surface area (Å²) in [4.78, 5) is 20.3. The van der Waals surface area contributed by atoms with E-state index in [-0.39, 0.29) is 11.4 Å². The Kier molecular flexibility index (Phi) is 5.73. The monoisotopic (exact) mass is 328 g/mol. The number of nitrogens with one attached hydrogen (secondary N) is 2. The Morgan fingerprint density at radius 1 is 1.21 bits per heavy atom. The van der Waals surface area contributed by atoms with E-state index in [2.05, 4.69) is 20.6 Å². The van der Waals surface area contributed by atoms with Gasteiger partial charge in [-0.25, -0.2) is 9.97 Å². The molecule has 6 nitrogen and oxygen atoms in total. The molecule has 0 radical (unpaired) electrons. The molecule has 0 aliphatic carbocycles. The number of nitrogens with zero attached hydrogens (tertiary/aromatic N) is 2. The Bertz CT molecular complexity index is 695. The van der Waals surface area contributed by atoms with Crippen LogP contribution in [-0.4, -0.2) is 35.1 Å². The number of ether oxygens (including phenoxy) is 1. The third-order valence-corrected chi connectivity index (χ3v) is 3.24. The normalized spacial score (nSPS) is 11.0. The maximum Gasteiger partial charge on any atom is 0.270 e. The number of amides is 1. The molecule has 0 fully saturated rings. The molecular weight excluding hydrogens is 304 g/mol. The molecule has 0 aliphatic rings. The molecule has 0 bridgehead atoms. The summed E-state index contributed by atoms with van der Waals surface area (Å²) >= 11 is 0. The highest BCUT2D eigenvalue weighted by Crippen LogP contribution is 2.13. The van der Waals surface area contributed by atoms with Gasteiger partial charge in [-0.1, -0.05) is 12.1 Å². The van der Waals surface area contributed by atoms with Gasteiger partial charge >= 0.3 is 0 Å². The van der Waals surface area contributed by atoms with Crippen LogP contribution >= 0.6 is 0 Å².